The summed E-state index contributed by atoms with van der Waals surface area (Å²) in [5.74, 6) is -2.66. The SMILES string of the molecule is CN1CCC(C)(NC(=O)c2cccc(F)c2F)C1. The minimum atomic E-state index is -1.09. The Morgan fingerprint density at radius 3 is 2.78 bits per heavy atom. The van der Waals surface area contributed by atoms with Crippen molar-refractivity contribution in [3.8, 4) is 0 Å². The number of nitrogens with one attached hydrogen (secondary N) is 1. The van der Waals surface area contributed by atoms with Crippen LogP contribution < -0.4 is 5.32 Å². The summed E-state index contributed by atoms with van der Waals surface area (Å²) >= 11 is 0. The highest BCUT2D eigenvalue weighted by Crippen LogP contribution is 2.20. The van der Waals surface area contributed by atoms with E-state index in [1.807, 2.05) is 14.0 Å². The molecule has 0 bridgehead atoms. The lowest BCUT2D eigenvalue weighted by Gasteiger charge is -2.25. The molecule has 0 aromatic heterocycles. The van der Waals surface area contributed by atoms with Gasteiger partial charge in [0, 0.05) is 13.1 Å². The lowest BCUT2D eigenvalue weighted by atomic mass is 10.0. The van der Waals surface area contributed by atoms with E-state index in [-0.39, 0.29) is 11.1 Å². The summed E-state index contributed by atoms with van der Waals surface area (Å²) in [6.07, 6.45) is 0.798. The fraction of sp³-hybridized carbons (Fsp3) is 0.462. The maximum Gasteiger partial charge on any atom is 0.254 e. The van der Waals surface area contributed by atoms with Crippen molar-refractivity contribution in [2.75, 3.05) is 20.1 Å². The molecule has 0 saturated carbocycles. The molecule has 1 atom stereocenters. The topological polar surface area (TPSA) is 32.3 Å². The van der Waals surface area contributed by atoms with E-state index in [0.717, 1.165) is 19.0 Å². The first-order valence-electron chi connectivity index (χ1n) is 5.86. The van der Waals surface area contributed by atoms with Crippen LogP contribution in [0.5, 0.6) is 0 Å². The van der Waals surface area contributed by atoms with Gasteiger partial charge in [-0.3, -0.25) is 4.79 Å². The molecule has 1 amide bonds. The zero-order chi connectivity index (χ0) is 13.3. The molecule has 1 aromatic carbocycles. The molecule has 1 saturated heterocycles. The Labute approximate surface area is 105 Å². The summed E-state index contributed by atoms with van der Waals surface area (Å²) < 4.78 is 26.5. The van der Waals surface area contributed by atoms with Gasteiger partial charge in [0.25, 0.3) is 5.91 Å². The lowest BCUT2D eigenvalue weighted by molar-refractivity contribution is 0.0904. The molecule has 1 N–H and O–H groups in total. The highest BCUT2D eigenvalue weighted by Gasteiger charge is 2.34. The van der Waals surface area contributed by atoms with Crippen LogP contribution in [0.25, 0.3) is 0 Å². The van der Waals surface area contributed by atoms with Crippen LogP contribution in [0.1, 0.15) is 23.7 Å². The summed E-state index contributed by atoms with van der Waals surface area (Å²) in [7, 11) is 1.96. The number of likely N-dealkylation sites (N-methyl/N-ethyl adjacent to an activating group) is 1. The van der Waals surface area contributed by atoms with Crippen LogP contribution in [0.4, 0.5) is 8.78 Å². The third-order valence-corrected chi connectivity index (χ3v) is 3.28. The fourth-order valence-electron chi connectivity index (χ4n) is 2.31. The standard InChI is InChI=1S/C13H16F2N2O/c1-13(6-7-17(2)8-13)16-12(18)9-4-3-5-10(14)11(9)15/h3-5H,6-8H2,1-2H3,(H,16,18). The Morgan fingerprint density at radius 2 is 2.17 bits per heavy atom. The number of amides is 1. The first-order valence-corrected chi connectivity index (χ1v) is 5.86. The Morgan fingerprint density at radius 1 is 1.44 bits per heavy atom. The van der Waals surface area contributed by atoms with Gasteiger partial charge in [0.2, 0.25) is 0 Å². The monoisotopic (exact) mass is 254 g/mol. The van der Waals surface area contributed by atoms with Gasteiger partial charge in [-0.2, -0.15) is 0 Å². The van der Waals surface area contributed by atoms with Gasteiger partial charge >= 0.3 is 0 Å². The molecule has 1 aliphatic heterocycles. The van der Waals surface area contributed by atoms with Crippen LogP contribution in [0.3, 0.4) is 0 Å². The number of carbonyl (C=O) groups is 1. The highest BCUT2D eigenvalue weighted by atomic mass is 19.2. The number of likely N-dealkylation sites (tertiary alicyclic amines) is 1. The molecule has 1 aliphatic rings. The van der Waals surface area contributed by atoms with E-state index in [0.29, 0.717) is 6.54 Å². The molecule has 1 heterocycles. The molecule has 3 nitrogen and oxygen atoms in total. The van der Waals surface area contributed by atoms with Crippen LogP contribution in [-0.4, -0.2) is 36.5 Å². The maximum absolute atomic E-state index is 13.5. The molecule has 5 heteroatoms. The summed E-state index contributed by atoms with van der Waals surface area (Å²) in [6.45, 7) is 3.49. The summed E-state index contributed by atoms with van der Waals surface area (Å²) in [4.78, 5) is 14.0. The van der Waals surface area contributed by atoms with Gasteiger partial charge in [-0.25, -0.2) is 8.78 Å². The smallest absolute Gasteiger partial charge is 0.254 e. The van der Waals surface area contributed by atoms with Gasteiger partial charge in [-0.05, 0) is 32.5 Å². The molecule has 18 heavy (non-hydrogen) atoms. The first-order chi connectivity index (χ1) is 8.41. The molecular formula is C13H16F2N2O. The van der Waals surface area contributed by atoms with Crippen molar-refractivity contribution in [1.82, 2.24) is 10.2 Å². The van der Waals surface area contributed by atoms with Crippen LogP contribution >= 0.6 is 0 Å². The zero-order valence-electron chi connectivity index (χ0n) is 10.5. The third-order valence-electron chi connectivity index (χ3n) is 3.28. The van der Waals surface area contributed by atoms with Gasteiger partial charge in [-0.15, -0.1) is 0 Å². The number of nitrogens with zero attached hydrogens (tertiary/aromatic N) is 1. The molecule has 1 aromatic rings. The molecule has 0 radical (unpaired) electrons. The van der Waals surface area contributed by atoms with Crippen molar-refractivity contribution in [3.63, 3.8) is 0 Å². The van der Waals surface area contributed by atoms with E-state index in [1.54, 1.807) is 0 Å². The van der Waals surface area contributed by atoms with Crippen molar-refractivity contribution in [1.29, 1.82) is 0 Å². The van der Waals surface area contributed by atoms with Crippen LogP contribution in [0.2, 0.25) is 0 Å². The van der Waals surface area contributed by atoms with E-state index < -0.39 is 17.5 Å². The van der Waals surface area contributed by atoms with Gasteiger partial charge in [0.15, 0.2) is 11.6 Å². The van der Waals surface area contributed by atoms with E-state index in [9.17, 15) is 13.6 Å². The van der Waals surface area contributed by atoms with Crippen molar-refractivity contribution < 1.29 is 13.6 Å². The fourth-order valence-corrected chi connectivity index (χ4v) is 2.31. The molecule has 98 valence electrons. The number of hydrogen-bond acceptors (Lipinski definition) is 2. The zero-order valence-corrected chi connectivity index (χ0v) is 10.5. The highest BCUT2D eigenvalue weighted by molar-refractivity contribution is 5.95. The molecule has 1 fully saturated rings. The quantitative estimate of drug-likeness (QED) is 0.872. The second-order valence-corrected chi connectivity index (χ2v) is 5.10. The largest absolute Gasteiger partial charge is 0.345 e. The minimum Gasteiger partial charge on any atom is -0.345 e. The van der Waals surface area contributed by atoms with E-state index in [4.69, 9.17) is 0 Å². The molecule has 1 unspecified atom stereocenters. The Balaban J connectivity index is 2.15. The molecule has 0 aliphatic carbocycles. The molecular weight excluding hydrogens is 238 g/mol. The predicted octanol–water partition coefficient (Wildman–Crippen LogP) is 1.79. The van der Waals surface area contributed by atoms with E-state index >= 15 is 0 Å². The summed E-state index contributed by atoms with van der Waals surface area (Å²) in [6, 6.07) is 3.61. The number of rotatable bonds is 2. The van der Waals surface area contributed by atoms with Crippen LogP contribution in [-0.2, 0) is 0 Å². The Bertz CT molecular complexity index is 478. The molecule has 2 rings (SSSR count). The van der Waals surface area contributed by atoms with Crippen molar-refractivity contribution in [2.45, 2.75) is 18.9 Å². The van der Waals surface area contributed by atoms with Crippen molar-refractivity contribution >= 4 is 5.91 Å². The van der Waals surface area contributed by atoms with Gasteiger partial charge in [-0.1, -0.05) is 6.07 Å². The Kier molecular flexibility index (Phi) is 3.34. The number of carbonyl (C=O) groups excluding carboxylic acids is 1. The number of benzene rings is 1. The lowest BCUT2D eigenvalue weighted by Crippen LogP contribution is -2.47. The van der Waals surface area contributed by atoms with E-state index in [1.165, 1.54) is 12.1 Å². The van der Waals surface area contributed by atoms with Crippen LogP contribution in [0, 0.1) is 11.6 Å². The number of hydrogen-bond donors (Lipinski definition) is 1. The van der Waals surface area contributed by atoms with Gasteiger partial charge in [0.05, 0.1) is 11.1 Å². The Hall–Kier alpha value is -1.49. The van der Waals surface area contributed by atoms with Crippen LogP contribution in [0.15, 0.2) is 18.2 Å². The normalized spacial score (nSPS) is 24.2. The first kappa shape index (κ1) is 13.0. The van der Waals surface area contributed by atoms with Crippen molar-refractivity contribution in [3.05, 3.63) is 35.4 Å². The predicted molar refractivity (Wildman–Crippen MR) is 64.3 cm³/mol. The van der Waals surface area contributed by atoms with Gasteiger partial charge < -0.3 is 10.2 Å². The average Bonchev–Trinajstić information content (AvgIpc) is 2.62. The second-order valence-electron chi connectivity index (χ2n) is 5.10. The van der Waals surface area contributed by atoms with Gasteiger partial charge in [0.1, 0.15) is 0 Å². The minimum absolute atomic E-state index is 0.245. The second kappa shape index (κ2) is 4.65. The third kappa shape index (κ3) is 2.51. The summed E-state index contributed by atoms with van der Waals surface area (Å²) in [5.41, 5.74) is -0.629. The number of halogens is 2. The molecule has 0 spiro atoms. The average molecular weight is 254 g/mol. The maximum atomic E-state index is 13.5. The van der Waals surface area contributed by atoms with Crippen molar-refractivity contribution in [2.24, 2.45) is 0 Å². The summed E-state index contributed by atoms with van der Waals surface area (Å²) in [5, 5.41) is 2.78. The van der Waals surface area contributed by atoms with E-state index in [2.05, 4.69) is 10.2 Å².